The molecule has 0 bridgehead atoms. The Morgan fingerprint density at radius 1 is 0.463 bits per heavy atom. The lowest BCUT2D eigenvalue weighted by molar-refractivity contribution is -0.138. The molecule has 0 atom stereocenters. The maximum absolute atomic E-state index is 15.1. The summed E-state index contributed by atoms with van der Waals surface area (Å²) in [4.78, 5) is 0. The van der Waals surface area contributed by atoms with Crippen molar-refractivity contribution in [2.75, 3.05) is 0 Å². The number of alkyl halides is 9. The van der Waals surface area contributed by atoms with Gasteiger partial charge in [-0.15, -0.1) is 0 Å². The molecule has 0 aliphatic heterocycles. The van der Waals surface area contributed by atoms with Gasteiger partial charge in [0.15, 0.2) is 0 Å². The normalized spacial score (nSPS) is 12.7. The maximum atomic E-state index is 15.1. The number of aryl methyl sites for hydroxylation is 2. The Bertz CT molecular complexity index is 2750. The van der Waals surface area contributed by atoms with Crippen molar-refractivity contribution in [2.45, 2.75) is 32.4 Å². The summed E-state index contributed by atoms with van der Waals surface area (Å²) in [5, 5.41) is 10.9. The fraction of sp³-hybridized carbons (Fsp3) is 0.119. The van der Waals surface area contributed by atoms with E-state index in [1.54, 1.807) is 28.8 Å². The molecule has 12 heteroatoms. The van der Waals surface area contributed by atoms with Crippen LogP contribution >= 0.6 is 0 Å². The lowest BCUT2D eigenvalue weighted by Gasteiger charge is -2.23. The van der Waals surface area contributed by atoms with E-state index in [1.165, 1.54) is 16.7 Å². The van der Waals surface area contributed by atoms with Gasteiger partial charge in [0, 0.05) is 27.1 Å². The van der Waals surface area contributed by atoms with Gasteiger partial charge in [-0.25, -0.2) is 0 Å². The standard InChI is InChI=1S/C42H24F9N3/c1-22-6-10-33-29(14-22)30-15-23(2)7-11-34(30)53(33)37-19-28(42(49,50)51)20-38(39(37)25-5-3-4-24(16-25)21-52)54-35-12-8-26(40(43,44)45)17-31(35)32-18-27(41(46,47)48)9-13-36(32)54/h3-20H,1-2H3. The number of benzene rings is 6. The molecule has 0 saturated heterocycles. The van der Waals surface area contributed by atoms with Gasteiger partial charge < -0.3 is 9.13 Å². The molecule has 0 amide bonds. The van der Waals surface area contributed by atoms with E-state index >= 15 is 13.2 Å². The average Bonchev–Trinajstić information content (AvgIpc) is 3.61. The number of hydrogen-bond donors (Lipinski definition) is 0. The Morgan fingerprint density at radius 2 is 0.870 bits per heavy atom. The van der Waals surface area contributed by atoms with Crippen LogP contribution in [-0.4, -0.2) is 9.13 Å². The lowest BCUT2D eigenvalue weighted by Crippen LogP contribution is -2.11. The van der Waals surface area contributed by atoms with E-state index in [2.05, 4.69) is 0 Å². The topological polar surface area (TPSA) is 33.6 Å². The molecule has 0 saturated carbocycles. The van der Waals surface area contributed by atoms with Crippen molar-refractivity contribution >= 4 is 43.6 Å². The van der Waals surface area contributed by atoms with Gasteiger partial charge in [0.1, 0.15) is 0 Å². The predicted octanol–water partition coefficient (Wildman–Crippen LogP) is 13.1. The van der Waals surface area contributed by atoms with Gasteiger partial charge in [0.05, 0.1) is 61.8 Å². The number of halogens is 9. The molecular formula is C42H24F9N3. The number of hydrogen-bond acceptors (Lipinski definition) is 1. The van der Waals surface area contributed by atoms with Gasteiger partial charge in [-0.05, 0) is 104 Å². The van der Waals surface area contributed by atoms with E-state index in [-0.39, 0.29) is 49.9 Å². The van der Waals surface area contributed by atoms with Crippen molar-refractivity contribution in [1.29, 1.82) is 5.26 Å². The summed E-state index contributed by atoms with van der Waals surface area (Å²) in [5.74, 6) is 0. The summed E-state index contributed by atoms with van der Waals surface area (Å²) < 4.78 is 132. The first-order chi connectivity index (χ1) is 25.4. The van der Waals surface area contributed by atoms with Crippen LogP contribution in [-0.2, 0) is 18.5 Å². The third-order valence-electron chi connectivity index (χ3n) is 9.68. The van der Waals surface area contributed by atoms with Crippen LogP contribution in [0.1, 0.15) is 33.4 Å². The van der Waals surface area contributed by atoms with E-state index in [0.717, 1.165) is 58.3 Å². The maximum Gasteiger partial charge on any atom is 0.416 e. The molecule has 8 aromatic rings. The van der Waals surface area contributed by atoms with E-state index in [4.69, 9.17) is 0 Å². The fourth-order valence-electron chi connectivity index (χ4n) is 7.31. The molecule has 0 spiro atoms. The number of nitriles is 1. The van der Waals surface area contributed by atoms with Crippen molar-refractivity contribution in [3.05, 3.63) is 143 Å². The SMILES string of the molecule is Cc1ccc2c(c1)c1cc(C)ccc1n2-c1cc(C(F)(F)F)cc(-n2c3ccc(C(F)(F)F)cc3c3cc(C(F)(F)F)ccc32)c1-c1cccc(C#N)c1. The second-order valence-electron chi connectivity index (χ2n) is 13.3. The molecule has 0 aliphatic rings. The Kier molecular flexibility index (Phi) is 7.68. The van der Waals surface area contributed by atoms with Crippen LogP contribution in [0.5, 0.6) is 0 Å². The molecule has 3 nitrogen and oxygen atoms in total. The summed E-state index contributed by atoms with van der Waals surface area (Å²) >= 11 is 0. The second kappa shape index (κ2) is 11.9. The molecule has 0 unspecified atom stereocenters. The smallest absolute Gasteiger partial charge is 0.309 e. The van der Waals surface area contributed by atoms with Crippen LogP contribution in [0.25, 0.3) is 66.1 Å². The van der Waals surface area contributed by atoms with E-state index in [0.29, 0.717) is 23.2 Å². The number of fused-ring (bicyclic) bond motifs is 6. The fourth-order valence-corrected chi connectivity index (χ4v) is 7.31. The second-order valence-corrected chi connectivity index (χ2v) is 13.3. The first-order valence-electron chi connectivity index (χ1n) is 16.4. The Labute approximate surface area is 300 Å². The third-order valence-corrected chi connectivity index (χ3v) is 9.68. The predicted molar refractivity (Wildman–Crippen MR) is 190 cm³/mol. The molecule has 6 aromatic carbocycles. The van der Waals surface area contributed by atoms with Crippen molar-refractivity contribution in [3.8, 4) is 28.6 Å². The van der Waals surface area contributed by atoms with Crippen molar-refractivity contribution in [3.63, 3.8) is 0 Å². The van der Waals surface area contributed by atoms with Crippen LogP contribution in [0.4, 0.5) is 39.5 Å². The first-order valence-corrected chi connectivity index (χ1v) is 16.4. The summed E-state index contributed by atoms with van der Waals surface area (Å²) in [5.41, 5.74) is -0.166. The molecule has 0 aliphatic carbocycles. The largest absolute Gasteiger partial charge is 0.416 e. The zero-order valence-corrected chi connectivity index (χ0v) is 28.1. The lowest BCUT2D eigenvalue weighted by atomic mass is 9.96. The van der Waals surface area contributed by atoms with Crippen LogP contribution in [0.2, 0.25) is 0 Å². The number of aromatic nitrogens is 2. The van der Waals surface area contributed by atoms with Crippen LogP contribution < -0.4 is 0 Å². The van der Waals surface area contributed by atoms with Crippen molar-refractivity contribution in [2.24, 2.45) is 0 Å². The zero-order valence-electron chi connectivity index (χ0n) is 28.1. The van der Waals surface area contributed by atoms with Gasteiger partial charge in [-0.1, -0.05) is 35.4 Å². The summed E-state index contributed by atoms with van der Waals surface area (Å²) in [7, 11) is 0. The average molecular weight is 742 g/mol. The number of nitrogens with zero attached hydrogens (tertiary/aromatic N) is 3. The van der Waals surface area contributed by atoms with Gasteiger partial charge in [-0.3, -0.25) is 0 Å². The number of rotatable bonds is 3. The highest BCUT2D eigenvalue weighted by Gasteiger charge is 2.36. The minimum absolute atomic E-state index is 0.0245. The summed E-state index contributed by atoms with van der Waals surface area (Å²) in [6.45, 7) is 3.77. The molecule has 2 aromatic heterocycles. The monoisotopic (exact) mass is 741 g/mol. The summed E-state index contributed by atoms with van der Waals surface area (Å²) in [6.07, 6.45) is -14.7. The molecule has 0 fully saturated rings. The minimum Gasteiger partial charge on any atom is -0.309 e. The Morgan fingerprint density at radius 3 is 1.28 bits per heavy atom. The van der Waals surface area contributed by atoms with E-state index in [1.807, 2.05) is 44.2 Å². The molecule has 0 N–H and O–H groups in total. The molecule has 2 heterocycles. The first kappa shape index (κ1) is 34.8. The van der Waals surface area contributed by atoms with Gasteiger partial charge in [0.2, 0.25) is 0 Å². The quantitative estimate of drug-likeness (QED) is 0.166. The summed E-state index contributed by atoms with van der Waals surface area (Å²) in [6, 6.07) is 26.0. The van der Waals surface area contributed by atoms with Gasteiger partial charge in [-0.2, -0.15) is 44.8 Å². The molecule has 8 rings (SSSR count). The van der Waals surface area contributed by atoms with Crippen molar-refractivity contribution < 1.29 is 39.5 Å². The van der Waals surface area contributed by atoms with Crippen LogP contribution in [0.15, 0.2) is 109 Å². The van der Waals surface area contributed by atoms with Crippen LogP contribution in [0.3, 0.4) is 0 Å². The van der Waals surface area contributed by atoms with Gasteiger partial charge in [0.25, 0.3) is 0 Å². The molecular weight excluding hydrogens is 717 g/mol. The highest BCUT2D eigenvalue weighted by Crippen LogP contribution is 2.47. The molecule has 0 radical (unpaired) electrons. The van der Waals surface area contributed by atoms with Crippen LogP contribution in [0, 0.1) is 25.2 Å². The van der Waals surface area contributed by atoms with Gasteiger partial charge >= 0.3 is 18.5 Å². The van der Waals surface area contributed by atoms with E-state index < -0.39 is 35.2 Å². The third kappa shape index (κ3) is 5.62. The zero-order chi connectivity index (χ0) is 38.5. The Hall–Kier alpha value is -6.22. The van der Waals surface area contributed by atoms with E-state index in [9.17, 15) is 31.6 Å². The minimum atomic E-state index is -4.95. The van der Waals surface area contributed by atoms with Crippen molar-refractivity contribution in [1.82, 2.24) is 9.13 Å². The Balaban J connectivity index is 1.62. The highest BCUT2D eigenvalue weighted by atomic mass is 19.4. The molecule has 270 valence electrons. The highest BCUT2D eigenvalue weighted by molar-refractivity contribution is 6.12. The molecule has 54 heavy (non-hydrogen) atoms.